The predicted molar refractivity (Wildman–Crippen MR) is 76.3 cm³/mol. The van der Waals surface area contributed by atoms with E-state index in [0.717, 1.165) is 0 Å². The van der Waals surface area contributed by atoms with Crippen LogP contribution >= 0.6 is 22.6 Å². The zero-order valence-electron chi connectivity index (χ0n) is 11.9. The molecule has 0 N–H and O–H groups in total. The number of fused-ring (bicyclic) bond motifs is 3. The number of ether oxygens (including phenoxy) is 5. The third-order valence-corrected chi connectivity index (χ3v) is 5.29. The van der Waals surface area contributed by atoms with E-state index in [0.29, 0.717) is 0 Å². The Labute approximate surface area is 127 Å². The van der Waals surface area contributed by atoms with Gasteiger partial charge in [-0.2, -0.15) is 0 Å². The van der Waals surface area contributed by atoms with E-state index >= 15 is 0 Å². The second kappa shape index (κ2) is 4.51. The molecular weight excluding hydrogens is 363 g/mol. The van der Waals surface area contributed by atoms with Gasteiger partial charge in [-0.3, -0.25) is 0 Å². The molecule has 0 bridgehead atoms. The third-order valence-electron chi connectivity index (χ3n) is 3.87. The zero-order chi connectivity index (χ0) is 14.0. The summed E-state index contributed by atoms with van der Waals surface area (Å²) in [6, 6.07) is 0. The van der Waals surface area contributed by atoms with E-state index in [9.17, 15) is 0 Å². The molecule has 2 aliphatic heterocycles. The van der Waals surface area contributed by atoms with Crippen molar-refractivity contribution in [3.05, 3.63) is 0 Å². The summed E-state index contributed by atoms with van der Waals surface area (Å²) in [6.45, 7) is 7.73. The van der Waals surface area contributed by atoms with E-state index in [1.54, 1.807) is 7.11 Å². The lowest BCUT2D eigenvalue weighted by Gasteiger charge is -2.40. The molecule has 6 atom stereocenters. The molecule has 0 aromatic heterocycles. The van der Waals surface area contributed by atoms with Gasteiger partial charge in [0.1, 0.15) is 30.5 Å². The molecule has 0 amide bonds. The number of rotatable bonds is 1. The number of hydrogen-bond donors (Lipinski definition) is 0. The van der Waals surface area contributed by atoms with Crippen LogP contribution in [0.15, 0.2) is 0 Å². The fraction of sp³-hybridized carbons (Fsp3) is 1.00. The first-order valence-corrected chi connectivity index (χ1v) is 7.87. The normalized spacial score (nSPS) is 50.8. The molecule has 3 rings (SSSR count). The molecule has 1 aliphatic carbocycles. The Kier molecular flexibility index (Phi) is 3.43. The lowest BCUT2D eigenvalue weighted by Crippen LogP contribution is -2.60. The van der Waals surface area contributed by atoms with Crippen LogP contribution in [0.3, 0.4) is 0 Å². The molecule has 5 nitrogen and oxygen atoms in total. The summed E-state index contributed by atoms with van der Waals surface area (Å²) < 4.78 is 29.9. The Morgan fingerprint density at radius 3 is 1.74 bits per heavy atom. The maximum Gasteiger partial charge on any atom is 0.164 e. The zero-order valence-corrected chi connectivity index (χ0v) is 14.0. The van der Waals surface area contributed by atoms with Crippen molar-refractivity contribution in [1.82, 2.24) is 0 Å². The first-order chi connectivity index (χ1) is 8.74. The summed E-state index contributed by atoms with van der Waals surface area (Å²) in [5.74, 6) is -1.19. The minimum atomic E-state index is -0.604. The smallest absolute Gasteiger partial charge is 0.164 e. The molecule has 0 spiro atoms. The highest BCUT2D eigenvalue weighted by Crippen LogP contribution is 2.47. The summed E-state index contributed by atoms with van der Waals surface area (Å²) in [7, 11) is 1.71. The fourth-order valence-corrected chi connectivity index (χ4v) is 4.53. The van der Waals surface area contributed by atoms with Crippen molar-refractivity contribution in [2.75, 3.05) is 7.11 Å². The largest absolute Gasteiger partial charge is 0.377 e. The van der Waals surface area contributed by atoms with E-state index in [1.165, 1.54) is 0 Å². The van der Waals surface area contributed by atoms with Crippen molar-refractivity contribution in [3.8, 4) is 0 Å². The summed E-state index contributed by atoms with van der Waals surface area (Å²) in [5, 5.41) is 0. The predicted octanol–water partition coefficient (Wildman–Crippen LogP) is 1.86. The second-order valence-electron chi connectivity index (χ2n) is 6.27. The monoisotopic (exact) mass is 384 g/mol. The van der Waals surface area contributed by atoms with Gasteiger partial charge in [-0.05, 0) is 27.7 Å². The minimum absolute atomic E-state index is 0.0284. The van der Waals surface area contributed by atoms with E-state index in [1.807, 2.05) is 27.7 Å². The first kappa shape index (κ1) is 14.5. The van der Waals surface area contributed by atoms with E-state index in [-0.39, 0.29) is 34.4 Å². The van der Waals surface area contributed by atoms with Crippen LogP contribution in [0, 0.1) is 0 Å². The topological polar surface area (TPSA) is 46.2 Å². The standard InChI is InChI=1S/C13H21IO5/c1-12(2)16-8-6(14)7(15-5)9-11(10(8)18-12)19-13(3,4)17-9/h6-11H,1-5H3/t6-,7+,8+,9-,10-,11-/m0/s1. The van der Waals surface area contributed by atoms with Crippen molar-refractivity contribution in [2.45, 2.75) is 73.7 Å². The Hall–Kier alpha value is 0.530. The molecule has 0 unspecified atom stereocenters. The fourth-order valence-electron chi connectivity index (χ4n) is 3.28. The highest BCUT2D eigenvalue weighted by molar-refractivity contribution is 14.1. The molecule has 110 valence electrons. The van der Waals surface area contributed by atoms with E-state index in [2.05, 4.69) is 22.6 Å². The van der Waals surface area contributed by atoms with E-state index in [4.69, 9.17) is 23.7 Å². The number of halogens is 1. The molecule has 3 fully saturated rings. The number of methoxy groups -OCH3 is 1. The Bertz CT molecular complexity index is 372. The maximum atomic E-state index is 6.04. The highest BCUT2D eigenvalue weighted by Gasteiger charge is 2.63. The summed E-state index contributed by atoms with van der Waals surface area (Å²) in [5.41, 5.74) is 0. The van der Waals surface area contributed by atoms with Gasteiger partial charge in [0.15, 0.2) is 11.6 Å². The van der Waals surface area contributed by atoms with Gasteiger partial charge in [0, 0.05) is 7.11 Å². The van der Waals surface area contributed by atoms with Crippen LogP contribution in [0.25, 0.3) is 0 Å². The van der Waals surface area contributed by atoms with Crippen LogP contribution < -0.4 is 0 Å². The van der Waals surface area contributed by atoms with Crippen molar-refractivity contribution >= 4 is 22.6 Å². The van der Waals surface area contributed by atoms with Gasteiger partial charge in [-0.1, -0.05) is 22.6 Å². The lowest BCUT2D eigenvalue weighted by molar-refractivity contribution is -0.177. The first-order valence-electron chi connectivity index (χ1n) is 6.62. The van der Waals surface area contributed by atoms with Crippen LogP contribution in [0.2, 0.25) is 0 Å². The number of alkyl halides is 1. The maximum absolute atomic E-state index is 6.04. The molecular formula is C13H21IO5. The Morgan fingerprint density at radius 2 is 1.21 bits per heavy atom. The molecule has 19 heavy (non-hydrogen) atoms. The third kappa shape index (κ3) is 2.34. The van der Waals surface area contributed by atoms with Gasteiger partial charge in [0.25, 0.3) is 0 Å². The average Bonchev–Trinajstić information content (AvgIpc) is 2.75. The Morgan fingerprint density at radius 1 is 0.789 bits per heavy atom. The molecule has 0 aromatic carbocycles. The highest BCUT2D eigenvalue weighted by atomic mass is 127. The molecule has 1 saturated carbocycles. The minimum Gasteiger partial charge on any atom is -0.377 e. The summed E-state index contributed by atoms with van der Waals surface area (Å²) in [6.07, 6.45) is -0.432. The number of hydrogen-bond acceptors (Lipinski definition) is 5. The van der Waals surface area contributed by atoms with Crippen LogP contribution in [0.1, 0.15) is 27.7 Å². The van der Waals surface area contributed by atoms with Crippen molar-refractivity contribution < 1.29 is 23.7 Å². The molecule has 2 heterocycles. The SMILES string of the molecule is CO[C@@H]1[C@H](I)[C@H]2OC(C)(C)O[C@@H]2[C@H]2OC(C)(C)O[C@H]21. The molecule has 6 heteroatoms. The lowest BCUT2D eigenvalue weighted by atomic mass is 9.87. The van der Waals surface area contributed by atoms with Gasteiger partial charge in [-0.15, -0.1) is 0 Å². The summed E-state index contributed by atoms with van der Waals surface area (Å²) in [4.78, 5) is 0. The van der Waals surface area contributed by atoms with Crippen LogP contribution in [0.4, 0.5) is 0 Å². The molecule has 0 aromatic rings. The van der Waals surface area contributed by atoms with Gasteiger partial charge in [-0.25, -0.2) is 0 Å². The van der Waals surface area contributed by atoms with Crippen LogP contribution in [-0.2, 0) is 23.7 Å². The van der Waals surface area contributed by atoms with Gasteiger partial charge in [0.05, 0.1) is 3.92 Å². The average molecular weight is 384 g/mol. The Balaban J connectivity index is 1.93. The van der Waals surface area contributed by atoms with Crippen molar-refractivity contribution in [3.63, 3.8) is 0 Å². The van der Waals surface area contributed by atoms with Gasteiger partial charge >= 0.3 is 0 Å². The molecule has 2 saturated heterocycles. The van der Waals surface area contributed by atoms with Crippen molar-refractivity contribution in [1.29, 1.82) is 0 Å². The second-order valence-corrected chi connectivity index (χ2v) is 7.71. The van der Waals surface area contributed by atoms with Crippen LogP contribution in [-0.4, -0.2) is 53.1 Å². The van der Waals surface area contributed by atoms with Crippen molar-refractivity contribution in [2.24, 2.45) is 0 Å². The quantitative estimate of drug-likeness (QED) is 0.510. The van der Waals surface area contributed by atoms with Gasteiger partial charge in [0.2, 0.25) is 0 Å². The molecule has 3 aliphatic rings. The van der Waals surface area contributed by atoms with Crippen LogP contribution in [0.5, 0.6) is 0 Å². The van der Waals surface area contributed by atoms with E-state index < -0.39 is 11.6 Å². The molecule has 0 radical (unpaired) electrons. The van der Waals surface area contributed by atoms with Gasteiger partial charge < -0.3 is 23.7 Å². The summed E-state index contributed by atoms with van der Waals surface area (Å²) >= 11 is 2.38.